The maximum Gasteiger partial charge on any atom is 0.119 e. The molecule has 2 aliphatic heterocycles. The maximum atomic E-state index is 5.85. The fraction of sp³-hybridized carbons (Fsp3) is 0.556. The van der Waals surface area contributed by atoms with Gasteiger partial charge in [0.25, 0.3) is 0 Å². The van der Waals surface area contributed by atoms with Crippen molar-refractivity contribution in [3.63, 3.8) is 0 Å². The summed E-state index contributed by atoms with van der Waals surface area (Å²) in [4.78, 5) is 0. The van der Waals surface area contributed by atoms with Gasteiger partial charge in [0.2, 0.25) is 0 Å². The first-order chi connectivity index (χ1) is 16.1. The van der Waals surface area contributed by atoms with E-state index in [1.54, 1.807) is 0 Å². The highest BCUT2D eigenvalue weighted by molar-refractivity contribution is 5.41. The summed E-state index contributed by atoms with van der Waals surface area (Å²) in [6, 6.07) is 16.8. The molecule has 2 aromatic rings. The molecule has 6 nitrogen and oxygen atoms in total. The molecule has 2 saturated heterocycles. The van der Waals surface area contributed by atoms with E-state index in [1.165, 1.54) is 11.1 Å². The van der Waals surface area contributed by atoms with Crippen LogP contribution in [0.5, 0.6) is 11.5 Å². The zero-order valence-corrected chi connectivity index (χ0v) is 19.8. The molecule has 0 N–H and O–H groups in total. The third-order valence-electron chi connectivity index (χ3n) is 5.97. The molecule has 0 unspecified atom stereocenters. The van der Waals surface area contributed by atoms with Crippen molar-refractivity contribution in [2.24, 2.45) is 0 Å². The Balaban J connectivity index is 1.17. The molecule has 6 heteroatoms. The number of hydrogen-bond donors (Lipinski definition) is 0. The Kier molecular flexibility index (Phi) is 8.62. The van der Waals surface area contributed by atoms with Gasteiger partial charge in [-0.1, -0.05) is 38.1 Å². The number of epoxide rings is 2. The van der Waals surface area contributed by atoms with Crippen LogP contribution in [0, 0.1) is 0 Å². The Labute approximate surface area is 197 Å². The standard InChI is InChI=1S/C27H36O6/c1-27(2,21-5-9-23(10-6-21)30-15-3-13-28-17-25-19-32-25)22-7-11-24(12-8-22)31-16-4-14-29-18-26-20-33-26/h5-12,25-26H,3-4,13-20H2,1-2H3/t25-,26-/m1/s1. The summed E-state index contributed by atoms with van der Waals surface area (Å²) in [5.74, 6) is 1.77. The minimum Gasteiger partial charge on any atom is -0.494 e. The molecule has 2 aliphatic rings. The predicted molar refractivity (Wildman–Crippen MR) is 126 cm³/mol. The van der Waals surface area contributed by atoms with Gasteiger partial charge >= 0.3 is 0 Å². The number of hydrogen-bond acceptors (Lipinski definition) is 6. The molecule has 0 bridgehead atoms. The Hall–Kier alpha value is -2.12. The van der Waals surface area contributed by atoms with Gasteiger partial charge in [0.05, 0.1) is 39.6 Å². The highest BCUT2D eigenvalue weighted by Gasteiger charge is 2.24. The second-order valence-electron chi connectivity index (χ2n) is 9.14. The van der Waals surface area contributed by atoms with E-state index in [9.17, 15) is 0 Å². The lowest BCUT2D eigenvalue weighted by Crippen LogP contribution is -2.18. The molecule has 0 spiro atoms. The molecule has 2 fully saturated rings. The summed E-state index contributed by atoms with van der Waals surface area (Å²) >= 11 is 0. The van der Waals surface area contributed by atoms with Crippen molar-refractivity contribution in [3.05, 3.63) is 59.7 Å². The lowest BCUT2D eigenvalue weighted by molar-refractivity contribution is 0.104. The summed E-state index contributed by atoms with van der Waals surface area (Å²) in [6.07, 6.45) is 2.39. The van der Waals surface area contributed by atoms with Gasteiger partial charge < -0.3 is 28.4 Å². The molecule has 33 heavy (non-hydrogen) atoms. The Morgan fingerprint density at radius 3 is 1.42 bits per heavy atom. The molecule has 4 rings (SSSR count). The van der Waals surface area contributed by atoms with Gasteiger partial charge in [0.15, 0.2) is 0 Å². The van der Waals surface area contributed by atoms with E-state index < -0.39 is 0 Å². The molecule has 0 aliphatic carbocycles. The molecule has 2 atom stereocenters. The van der Waals surface area contributed by atoms with Crippen molar-refractivity contribution >= 4 is 0 Å². The van der Waals surface area contributed by atoms with Gasteiger partial charge in [-0.05, 0) is 35.4 Å². The largest absolute Gasteiger partial charge is 0.494 e. The number of ether oxygens (including phenoxy) is 6. The Morgan fingerprint density at radius 1 is 0.667 bits per heavy atom. The van der Waals surface area contributed by atoms with Crippen molar-refractivity contribution in [1.82, 2.24) is 0 Å². The van der Waals surface area contributed by atoms with E-state index in [1.807, 2.05) is 24.3 Å². The van der Waals surface area contributed by atoms with Crippen LogP contribution >= 0.6 is 0 Å². The first-order valence-electron chi connectivity index (χ1n) is 12.0. The highest BCUT2D eigenvalue weighted by Crippen LogP contribution is 2.33. The normalized spacial score (nSPS) is 19.3. The van der Waals surface area contributed by atoms with Gasteiger partial charge in [-0.3, -0.25) is 0 Å². The molecule has 0 aromatic heterocycles. The summed E-state index contributed by atoms with van der Waals surface area (Å²) in [6.45, 7) is 10.2. The smallest absolute Gasteiger partial charge is 0.119 e. The quantitative estimate of drug-likeness (QED) is 0.276. The third-order valence-corrected chi connectivity index (χ3v) is 5.97. The molecule has 0 radical (unpaired) electrons. The minimum absolute atomic E-state index is 0.117. The van der Waals surface area contributed by atoms with Gasteiger partial charge in [0, 0.05) is 31.5 Å². The summed E-state index contributed by atoms with van der Waals surface area (Å²) in [5, 5.41) is 0. The Morgan fingerprint density at radius 2 is 1.06 bits per heavy atom. The Bertz CT molecular complexity index is 755. The summed E-state index contributed by atoms with van der Waals surface area (Å²) in [5.41, 5.74) is 2.37. The average molecular weight is 457 g/mol. The molecule has 0 saturated carbocycles. The van der Waals surface area contributed by atoms with Crippen LogP contribution in [0.1, 0.15) is 37.8 Å². The van der Waals surface area contributed by atoms with Gasteiger partial charge in [-0.15, -0.1) is 0 Å². The van der Waals surface area contributed by atoms with Gasteiger partial charge in [-0.2, -0.15) is 0 Å². The molecule has 2 aromatic carbocycles. The van der Waals surface area contributed by atoms with E-state index in [0.29, 0.717) is 51.8 Å². The lowest BCUT2D eigenvalue weighted by Gasteiger charge is -2.26. The SMILES string of the molecule is CC(C)(c1ccc(OCCCOC[C@@H]2CO2)cc1)c1ccc(OCCCOC[C@@H]2CO2)cc1. The fourth-order valence-electron chi connectivity index (χ4n) is 3.56. The average Bonchev–Trinajstić information content (AvgIpc) is 3.75. The van der Waals surface area contributed by atoms with Crippen LogP contribution in [-0.2, 0) is 24.4 Å². The lowest BCUT2D eigenvalue weighted by atomic mass is 9.78. The van der Waals surface area contributed by atoms with Crippen molar-refractivity contribution in [3.8, 4) is 11.5 Å². The van der Waals surface area contributed by atoms with Crippen LogP contribution in [0.2, 0.25) is 0 Å². The zero-order valence-electron chi connectivity index (χ0n) is 19.8. The zero-order chi connectivity index (χ0) is 22.9. The second kappa shape index (κ2) is 11.8. The van der Waals surface area contributed by atoms with E-state index in [4.69, 9.17) is 28.4 Å². The van der Waals surface area contributed by atoms with E-state index in [-0.39, 0.29) is 5.41 Å². The van der Waals surface area contributed by atoms with Crippen molar-refractivity contribution < 1.29 is 28.4 Å². The van der Waals surface area contributed by atoms with Crippen LogP contribution in [0.3, 0.4) is 0 Å². The van der Waals surface area contributed by atoms with Crippen molar-refractivity contribution in [1.29, 1.82) is 0 Å². The molecule has 2 heterocycles. The first kappa shape index (κ1) is 24.0. The molecular formula is C27H36O6. The van der Waals surface area contributed by atoms with Gasteiger partial charge in [-0.25, -0.2) is 0 Å². The van der Waals surface area contributed by atoms with Crippen molar-refractivity contribution in [2.75, 3.05) is 52.9 Å². The maximum absolute atomic E-state index is 5.85. The predicted octanol–water partition coefficient (Wildman–Crippen LogP) is 4.38. The van der Waals surface area contributed by atoms with Crippen molar-refractivity contribution in [2.45, 2.75) is 44.3 Å². The minimum atomic E-state index is -0.117. The van der Waals surface area contributed by atoms with Crippen LogP contribution in [0.15, 0.2) is 48.5 Å². The van der Waals surface area contributed by atoms with Gasteiger partial charge in [0.1, 0.15) is 23.7 Å². The highest BCUT2D eigenvalue weighted by atomic mass is 16.6. The monoisotopic (exact) mass is 456 g/mol. The van der Waals surface area contributed by atoms with Crippen LogP contribution in [0.25, 0.3) is 0 Å². The number of rotatable bonds is 16. The molecule has 180 valence electrons. The topological polar surface area (TPSA) is 62.0 Å². The number of benzene rings is 2. The van der Waals surface area contributed by atoms with Crippen LogP contribution in [0.4, 0.5) is 0 Å². The summed E-state index contributed by atoms with van der Waals surface area (Å²) in [7, 11) is 0. The molecule has 0 amide bonds. The first-order valence-corrected chi connectivity index (χ1v) is 12.0. The fourth-order valence-corrected chi connectivity index (χ4v) is 3.56. The third kappa shape index (κ3) is 8.00. The van der Waals surface area contributed by atoms with Crippen LogP contribution in [-0.4, -0.2) is 65.1 Å². The summed E-state index contributed by atoms with van der Waals surface area (Å²) < 4.78 is 33.0. The second-order valence-corrected chi connectivity index (χ2v) is 9.14. The van der Waals surface area contributed by atoms with E-state index >= 15 is 0 Å². The van der Waals surface area contributed by atoms with Crippen LogP contribution < -0.4 is 9.47 Å². The van der Waals surface area contributed by atoms with E-state index in [2.05, 4.69) is 38.1 Å². The molecular weight excluding hydrogens is 420 g/mol. The van der Waals surface area contributed by atoms with E-state index in [0.717, 1.165) is 37.6 Å².